The van der Waals surface area contributed by atoms with Gasteiger partial charge in [-0.25, -0.2) is 0 Å². The fourth-order valence-corrected chi connectivity index (χ4v) is 8.45. The van der Waals surface area contributed by atoms with Crippen molar-refractivity contribution in [1.82, 2.24) is 0 Å². The lowest BCUT2D eigenvalue weighted by molar-refractivity contribution is 0.669. The van der Waals surface area contributed by atoms with Crippen LogP contribution in [0.4, 0.5) is 17.1 Å². The van der Waals surface area contributed by atoms with Crippen LogP contribution < -0.4 is 4.90 Å². The standard InChI is InChI=1S/C54H35NO2/c1-3-14-36(15-4-1)42-18-7-8-19-43(42)38-28-32-40(33-29-38)55(41-34-30-39(31-35-41)44-21-13-27-51-52(44)48-20-9-10-26-50(48)56-51)49-25-12-24-47-46-23-11-22-45(53(46)57-54(47)49)37-16-5-2-6-17-37/h1-35H. The molecule has 0 aliphatic rings. The second-order valence-corrected chi connectivity index (χ2v) is 14.4. The Bertz CT molecular complexity index is 3210. The molecular weight excluding hydrogens is 695 g/mol. The van der Waals surface area contributed by atoms with E-state index in [1.807, 2.05) is 24.3 Å². The summed E-state index contributed by atoms with van der Waals surface area (Å²) in [5, 5.41) is 4.42. The van der Waals surface area contributed by atoms with Crippen molar-refractivity contribution in [2.24, 2.45) is 0 Å². The van der Waals surface area contributed by atoms with Crippen LogP contribution in [0.3, 0.4) is 0 Å². The van der Waals surface area contributed by atoms with E-state index in [1.54, 1.807) is 0 Å². The van der Waals surface area contributed by atoms with Gasteiger partial charge in [0, 0.05) is 38.5 Å². The quantitative estimate of drug-likeness (QED) is 0.164. The van der Waals surface area contributed by atoms with Crippen LogP contribution in [-0.4, -0.2) is 0 Å². The van der Waals surface area contributed by atoms with Crippen LogP contribution in [0.5, 0.6) is 0 Å². The molecule has 57 heavy (non-hydrogen) atoms. The van der Waals surface area contributed by atoms with Gasteiger partial charge in [0.25, 0.3) is 0 Å². The predicted molar refractivity (Wildman–Crippen MR) is 237 cm³/mol. The Kier molecular flexibility index (Phi) is 7.82. The number of furan rings is 2. The summed E-state index contributed by atoms with van der Waals surface area (Å²) in [5.41, 5.74) is 15.8. The van der Waals surface area contributed by atoms with E-state index in [1.165, 1.54) is 16.7 Å². The molecule has 2 aromatic heterocycles. The van der Waals surface area contributed by atoms with Gasteiger partial charge in [0.2, 0.25) is 0 Å². The van der Waals surface area contributed by atoms with Crippen molar-refractivity contribution < 1.29 is 8.83 Å². The van der Waals surface area contributed by atoms with Gasteiger partial charge in [-0.3, -0.25) is 0 Å². The zero-order chi connectivity index (χ0) is 37.7. The van der Waals surface area contributed by atoms with Crippen LogP contribution >= 0.6 is 0 Å². The number of benzene rings is 9. The number of fused-ring (bicyclic) bond motifs is 6. The average Bonchev–Trinajstić information content (AvgIpc) is 3.87. The third-order valence-electron chi connectivity index (χ3n) is 11.1. The minimum absolute atomic E-state index is 0.841. The van der Waals surface area contributed by atoms with E-state index in [2.05, 4.69) is 193 Å². The Morgan fingerprint density at radius 2 is 0.737 bits per heavy atom. The molecular formula is C54H35NO2. The first-order valence-corrected chi connectivity index (χ1v) is 19.3. The molecule has 11 aromatic rings. The van der Waals surface area contributed by atoms with Crippen LogP contribution in [0.15, 0.2) is 221 Å². The highest BCUT2D eigenvalue weighted by Crippen LogP contribution is 2.45. The van der Waals surface area contributed by atoms with Gasteiger partial charge in [0.1, 0.15) is 16.7 Å². The molecule has 3 heteroatoms. The van der Waals surface area contributed by atoms with Gasteiger partial charge in [-0.2, -0.15) is 0 Å². The molecule has 268 valence electrons. The Morgan fingerprint density at radius 3 is 1.42 bits per heavy atom. The van der Waals surface area contributed by atoms with Crippen LogP contribution in [0.2, 0.25) is 0 Å². The summed E-state index contributed by atoms with van der Waals surface area (Å²) in [6.45, 7) is 0. The van der Waals surface area contributed by atoms with Crippen molar-refractivity contribution in [1.29, 1.82) is 0 Å². The number of nitrogens with zero attached hydrogens (tertiary/aromatic N) is 1. The molecule has 2 heterocycles. The molecule has 0 unspecified atom stereocenters. The number of anilines is 3. The lowest BCUT2D eigenvalue weighted by atomic mass is 9.94. The van der Waals surface area contributed by atoms with Crippen molar-refractivity contribution >= 4 is 60.9 Å². The van der Waals surface area contributed by atoms with Gasteiger partial charge in [-0.05, 0) is 81.4 Å². The van der Waals surface area contributed by atoms with Crippen molar-refractivity contribution in [3.63, 3.8) is 0 Å². The summed E-state index contributed by atoms with van der Waals surface area (Å²) in [6, 6.07) is 74.9. The minimum Gasteiger partial charge on any atom is -0.456 e. The molecule has 0 amide bonds. The van der Waals surface area contributed by atoms with Gasteiger partial charge in [0.15, 0.2) is 5.58 Å². The molecule has 11 rings (SSSR count). The molecule has 0 atom stereocenters. The van der Waals surface area contributed by atoms with Gasteiger partial charge < -0.3 is 13.7 Å². The van der Waals surface area contributed by atoms with E-state index < -0.39 is 0 Å². The molecule has 0 fully saturated rings. The van der Waals surface area contributed by atoms with E-state index in [-0.39, 0.29) is 0 Å². The molecule has 3 nitrogen and oxygen atoms in total. The Hall–Kier alpha value is -7.62. The summed E-state index contributed by atoms with van der Waals surface area (Å²) in [5.74, 6) is 0. The lowest BCUT2D eigenvalue weighted by Gasteiger charge is -2.26. The van der Waals surface area contributed by atoms with E-state index in [4.69, 9.17) is 8.83 Å². The number of para-hydroxylation sites is 3. The van der Waals surface area contributed by atoms with E-state index >= 15 is 0 Å². The summed E-state index contributed by atoms with van der Waals surface area (Å²) in [7, 11) is 0. The van der Waals surface area contributed by atoms with Crippen LogP contribution in [-0.2, 0) is 0 Å². The maximum absolute atomic E-state index is 6.97. The third-order valence-corrected chi connectivity index (χ3v) is 11.1. The third kappa shape index (κ3) is 5.60. The maximum Gasteiger partial charge on any atom is 0.159 e. The second kappa shape index (κ2) is 13.6. The van der Waals surface area contributed by atoms with Gasteiger partial charge in [0.05, 0.1) is 5.69 Å². The smallest absolute Gasteiger partial charge is 0.159 e. The molecule has 0 radical (unpaired) electrons. The predicted octanol–water partition coefficient (Wildman–Crippen LogP) is 15.6. The largest absolute Gasteiger partial charge is 0.456 e. The SMILES string of the molecule is c1ccc(-c2ccccc2-c2ccc(N(c3ccc(-c4cccc5oc6ccccc6c45)cc3)c3cccc4c3oc3c(-c5ccccc5)cccc34)cc2)cc1. The Labute approximate surface area is 330 Å². The number of hydrogen-bond acceptors (Lipinski definition) is 3. The normalized spacial score (nSPS) is 11.5. The molecule has 0 saturated heterocycles. The molecule has 0 bridgehead atoms. The first-order chi connectivity index (χ1) is 28.3. The Morgan fingerprint density at radius 1 is 0.281 bits per heavy atom. The first kappa shape index (κ1) is 32.8. The van der Waals surface area contributed by atoms with Gasteiger partial charge in [-0.1, -0.05) is 170 Å². The fourth-order valence-electron chi connectivity index (χ4n) is 8.45. The van der Waals surface area contributed by atoms with Crippen molar-refractivity contribution in [2.75, 3.05) is 4.90 Å². The van der Waals surface area contributed by atoms with Crippen molar-refractivity contribution in [2.45, 2.75) is 0 Å². The zero-order valence-corrected chi connectivity index (χ0v) is 31.0. The summed E-state index contributed by atoms with van der Waals surface area (Å²) < 4.78 is 13.2. The molecule has 0 aliphatic heterocycles. The maximum atomic E-state index is 6.97. The average molecular weight is 730 g/mol. The first-order valence-electron chi connectivity index (χ1n) is 19.3. The number of hydrogen-bond donors (Lipinski definition) is 0. The van der Waals surface area contributed by atoms with Crippen LogP contribution in [0, 0.1) is 0 Å². The molecule has 0 spiro atoms. The fraction of sp³-hybridized carbons (Fsp3) is 0. The molecule has 9 aromatic carbocycles. The Balaban J connectivity index is 1.07. The van der Waals surface area contributed by atoms with Crippen LogP contribution in [0.25, 0.3) is 88.4 Å². The summed E-state index contributed by atoms with van der Waals surface area (Å²) >= 11 is 0. The van der Waals surface area contributed by atoms with Gasteiger partial charge >= 0.3 is 0 Å². The minimum atomic E-state index is 0.841. The highest BCUT2D eigenvalue weighted by molar-refractivity contribution is 6.14. The summed E-state index contributed by atoms with van der Waals surface area (Å²) in [6.07, 6.45) is 0. The van der Waals surface area contributed by atoms with E-state index in [0.717, 1.165) is 88.8 Å². The van der Waals surface area contributed by atoms with Crippen LogP contribution in [0.1, 0.15) is 0 Å². The van der Waals surface area contributed by atoms with Crippen molar-refractivity contribution in [3.8, 4) is 44.5 Å². The lowest BCUT2D eigenvalue weighted by Crippen LogP contribution is -2.10. The molecule has 0 aliphatic carbocycles. The molecule has 0 N–H and O–H groups in total. The second-order valence-electron chi connectivity index (χ2n) is 14.4. The summed E-state index contributed by atoms with van der Waals surface area (Å²) in [4.78, 5) is 2.32. The van der Waals surface area contributed by atoms with E-state index in [0.29, 0.717) is 0 Å². The van der Waals surface area contributed by atoms with Crippen molar-refractivity contribution in [3.05, 3.63) is 212 Å². The van der Waals surface area contributed by atoms with Gasteiger partial charge in [-0.15, -0.1) is 0 Å². The highest BCUT2D eigenvalue weighted by Gasteiger charge is 2.22. The zero-order valence-electron chi connectivity index (χ0n) is 31.0. The molecule has 0 saturated carbocycles. The topological polar surface area (TPSA) is 29.5 Å². The highest BCUT2D eigenvalue weighted by atomic mass is 16.3. The van der Waals surface area contributed by atoms with E-state index in [9.17, 15) is 0 Å². The number of rotatable bonds is 7. The monoisotopic (exact) mass is 729 g/mol.